The van der Waals surface area contributed by atoms with Gasteiger partial charge in [-0.3, -0.25) is 4.98 Å². The van der Waals surface area contributed by atoms with Crippen LogP contribution >= 0.6 is 15.9 Å². The number of hydrogen-bond donors (Lipinski definition) is 2. The number of hydrogen-bond acceptors (Lipinski definition) is 3. The molecule has 0 amide bonds. The predicted molar refractivity (Wildman–Crippen MR) is 66.0 cm³/mol. The average Bonchev–Trinajstić information content (AvgIpc) is 2.24. The van der Waals surface area contributed by atoms with Gasteiger partial charge < -0.3 is 11.1 Å². The van der Waals surface area contributed by atoms with Gasteiger partial charge >= 0.3 is 0 Å². The molecule has 0 atom stereocenters. The summed E-state index contributed by atoms with van der Waals surface area (Å²) in [6.07, 6.45) is 3.11. The van der Waals surface area contributed by atoms with Crippen molar-refractivity contribution in [1.82, 2.24) is 4.98 Å². The summed E-state index contributed by atoms with van der Waals surface area (Å²) in [7, 11) is 0. The molecule has 0 saturated heterocycles. The Labute approximate surface area is 101 Å². The molecule has 0 spiro atoms. The van der Waals surface area contributed by atoms with Crippen LogP contribution in [0.25, 0.3) is 0 Å². The fourth-order valence-electron chi connectivity index (χ4n) is 1.29. The third kappa shape index (κ3) is 2.30. The molecule has 0 fully saturated rings. The highest BCUT2D eigenvalue weighted by Crippen LogP contribution is 2.28. The van der Waals surface area contributed by atoms with Crippen LogP contribution in [0.1, 0.15) is 0 Å². The van der Waals surface area contributed by atoms with Gasteiger partial charge in [0, 0.05) is 10.7 Å². The van der Waals surface area contributed by atoms with E-state index in [1.54, 1.807) is 24.4 Å². The van der Waals surface area contributed by atoms with E-state index in [1.165, 1.54) is 12.3 Å². The van der Waals surface area contributed by atoms with Gasteiger partial charge in [0.05, 0.1) is 23.3 Å². The summed E-state index contributed by atoms with van der Waals surface area (Å²) in [5.41, 5.74) is 7.12. The summed E-state index contributed by atoms with van der Waals surface area (Å²) in [5, 5.41) is 2.92. The molecule has 5 heteroatoms. The van der Waals surface area contributed by atoms with Crippen molar-refractivity contribution < 1.29 is 4.39 Å². The quantitative estimate of drug-likeness (QED) is 0.888. The standard InChI is InChI=1S/C11H9BrFN3/c12-9-2-1-3-10(13)11(9)16-8-4-7(14)5-15-6-8/h1-6,16H,14H2. The molecule has 2 aromatic rings. The molecule has 3 N–H and O–H groups in total. The number of anilines is 3. The van der Waals surface area contributed by atoms with Crippen molar-refractivity contribution in [2.75, 3.05) is 11.1 Å². The molecule has 82 valence electrons. The summed E-state index contributed by atoms with van der Waals surface area (Å²) >= 11 is 3.27. The number of nitrogens with one attached hydrogen (secondary N) is 1. The van der Waals surface area contributed by atoms with E-state index >= 15 is 0 Å². The maximum atomic E-state index is 13.5. The van der Waals surface area contributed by atoms with Crippen molar-refractivity contribution >= 4 is 33.0 Å². The molecule has 0 radical (unpaired) electrons. The van der Waals surface area contributed by atoms with Crippen LogP contribution < -0.4 is 11.1 Å². The number of halogens is 2. The summed E-state index contributed by atoms with van der Waals surface area (Å²) < 4.78 is 14.1. The maximum Gasteiger partial charge on any atom is 0.147 e. The minimum Gasteiger partial charge on any atom is -0.397 e. The van der Waals surface area contributed by atoms with Gasteiger partial charge in [-0.25, -0.2) is 4.39 Å². The molecule has 16 heavy (non-hydrogen) atoms. The van der Waals surface area contributed by atoms with E-state index in [0.29, 0.717) is 21.5 Å². The van der Waals surface area contributed by atoms with E-state index < -0.39 is 0 Å². The lowest BCUT2D eigenvalue weighted by Gasteiger charge is -2.09. The monoisotopic (exact) mass is 281 g/mol. The van der Waals surface area contributed by atoms with Gasteiger partial charge in [-0.2, -0.15) is 0 Å². The van der Waals surface area contributed by atoms with Gasteiger partial charge in [0.2, 0.25) is 0 Å². The van der Waals surface area contributed by atoms with Crippen molar-refractivity contribution in [3.63, 3.8) is 0 Å². The van der Waals surface area contributed by atoms with Crippen LogP contribution in [0.5, 0.6) is 0 Å². The molecule has 1 aromatic carbocycles. The third-order valence-electron chi connectivity index (χ3n) is 1.99. The molecule has 0 unspecified atom stereocenters. The first kappa shape index (κ1) is 10.9. The molecule has 0 bridgehead atoms. The minimum atomic E-state index is -0.336. The Morgan fingerprint density at radius 1 is 1.31 bits per heavy atom. The average molecular weight is 282 g/mol. The lowest BCUT2D eigenvalue weighted by atomic mass is 10.3. The number of aromatic nitrogens is 1. The molecule has 1 heterocycles. The SMILES string of the molecule is Nc1cncc(Nc2c(F)cccc2Br)c1. The third-order valence-corrected chi connectivity index (χ3v) is 2.65. The number of pyridine rings is 1. The largest absolute Gasteiger partial charge is 0.397 e. The van der Waals surface area contributed by atoms with Gasteiger partial charge in [-0.1, -0.05) is 6.07 Å². The molecule has 1 aromatic heterocycles. The summed E-state index contributed by atoms with van der Waals surface area (Å²) in [6, 6.07) is 6.45. The van der Waals surface area contributed by atoms with Gasteiger partial charge in [0.1, 0.15) is 5.82 Å². The Kier molecular flexibility index (Phi) is 3.05. The highest BCUT2D eigenvalue weighted by atomic mass is 79.9. The zero-order valence-corrected chi connectivity index (χ0v) is 9.83. The topological polar surface area (TPSA) is 50.9 Å². The molecule has 0 saturated carbocycles. The number of nitrogens with two attached hydrogens (primary N) is 1. The lowest BCUT2D eigenvalue weighted by Crippen LogP contribution is -1.96. The highest BCUT2D eigenvalue weighted by molar-refractivity contribution is 9.10. The minimum absolute atomic E-state index is 0.336. The van der Waals surface area contributed by atoms with Crippen LogP contribution in [-0.4, -0.2) is 4.98 Å². The van der Waals surface area contributed by atoms with Crippen molar-refractivity contribution in [2.24, 2.45) is 0 Å². The Hall–Kier alpha value is -1.62. The molecule has 0 aliphatic heterocycles. The molecule has 0 aliphatic carbocycles. The summed E-state index contributed by atoms with van der Waals surface area (Å²) in [6.45, 7) is 0. The second kappa shape index (κ2) is 4.49. The van der Waals surface area contributed by atoms with Crippen LogP contribution in [0.2, 0.25) is 0 Å². The van der Waals surface area contributed by atoms with Crippen LogP contribution in [-0.2, 0) is 0 Å². The zero-order chi connectivity index (χ0) is 11.5. The number of benzene rings is 1. The van der Waals surface area contributed by atoms with Crippen molar-refractivity contribution in [2.45, 2.75) is 0 Å². The van der Waals surface area contributed by atoms with Crippen LogP contribution in [0.3, 0.4) is 0 Å². The highest BCUT2D eigenvalue weighted by Gasteiger charge is 2.06. The number of nitrogen functional groups attached to an aromatic ring is 1. The second-order valence-electron chi connectivity index (χ2n) is 3.23. The molecule has 3 nitrogen and oxygen atoms in total. The first-order valence-corrected chi connectivity index (χ1v) is 5.37. The van der Waals surface area contributed by atoms with Crippen LogP contribution in [0.15, 0.2) is 41.1 Å². The lowest BCUT2D eigenvalue weighted by molar-refractivity contribution is 0.631. The molecule has 0 aliphatic rings. The van der Waals surface area contributed by atoms with Gasteiger partial charge in [-0.15, -0.1) is 0 Å². The Bertz CT molecular complexity index is 496. The zero-order valence-electron chi connectivity index (χ0n) is 8.24. The molecular weight excluding hydrogens is 273 g/mol. The van der Waals surface area contributed by atoms with Gasteiger partial charge in [0.15, 0.2) is 0 Å². The fraction of sp³-hybridized carbons (Fsp3) is 0. The predicted octanol–water partition coefficient (Wildman–Crippen LogP) is 3.31. The van der Waals surface area contributed by atoms with E-state index in [0.717, 1.165) is 0 Å². The van der Waals surface area contributed by atoms with Crippen molar-refractivity contribution in [1.29, 1.82) is 0 Å². The number of rotatable bonds is 2. The summed E-state index contributed by atoms with van der Waals surface area (Å²) in [5.74, 6) is -0.336. The normalized spacial score (nSPS) is 10.1. The van der Waals surface area contributed by atoms with Gasteiger partial charge in [-0.05, 0) is 34.1 Å². The van der Waals surface area contributed by atoms with Crippen LogP contribution in [0, 0.1) is 5.82 Å². The van der Waals surface area contributed by atoms with E-state index in [4.69, 9.17) is 5.73 Å². The van der Waals surface area contributed by atoms with E-state index in [9.17, 15) is 4.39 Å². The summed E-state index contributed by atoms with van der Waals surface area (Å²) in [4.78, 5) is 3.91. The van der Waals surface area contributed by atoms with Gasteiger partial charge in [0.25, 0.3) is 0 Å². The fourth-order valence-corrected chi connectivity index (χ4v) is 1.73. The molecule has 2 rings (SSSR count). The Balaban J connectivity index is 2.34. The molecular formula is C11H9BrFN3. The Morgan fingerprint density at radius 2 is 2.12 bits per heavy atom. The van der Waals surface area contributed by atoms with E-state index in [2.05, 4.69) is 26.2 Å². The number of nitrogens with zero attached hydrogens (tertiary/aromatic N) is 1. The smallest absolute Gasteiger partial charge is 0.147 e. The van der Waals surface area contributed by atoms with Crippen molar-refractivity contribution in [3.05, 3.63) is 46.9 Å². The second-order valence-corrected chi connectivity index (χ2v) is 4.08. The van der Waals surface area contributed by atoms with E-state index in [1.807, 2.05) is 0 Å². The maximum absolute atomic E-state index is 13.5. The van der Waals surface area contributed by atoms with Crippen molar-refractivity contribution in [3.8, 4) is 0 Å². The van der Waals surface area contributed by atoms with Crippen LogP contribution in [0.4, 0.5) is 21.5 Å². The first-order valence-electron chi connectivity index (χ1n) is 4.58. The first-order chi connectivity index (χ1) is 7.66. The van der Waals surface area contributed by atoms with E-state index in [-0.39, 0.29) is 5.82 Å². The number of para-hydroxylation sites is 1. The Morgan fingerprint density at radius 3 is 2.81 bits per heavy atom.